The molecule has 4 nitrogen and oxygen atoms in total. The van der Waals surface area contributed by atoms with E-state index in [1.54, 1.807) is 16.8 Å². The van der Waals surface area contributed by atoms with Gasteiger partial charge in [-0.1, -0.05) is 41.6 Å². The molecule has 0 unspecified atom stereocenters. The second-order valence-corrected chi connectivity index (χ2v) is 7.94. The fourth-order valence-electron chi connectivity index (χ4n) is 2.80. The van der Waals surface area contributed by atoms with Gasteiger partial charge in [0.05, 0.1) is 21.8 Å². The second kappa shape index (κ2) is 8.73. The van der Waals surface area contributed by atoms with Crippen LogP contribution in [0.5, 0.6) is 5.88 Å². The van der Waals surface area contributed by atoms with Crippen LogP contribution in [0.25, 0.3) is 5.69 Å². The number of halogens is 2. The van der Waals surface area contributed by atoms with E-state index < -0.39 is 11.8 Å². The normalized spacial score (nSPS) is 10.8. The molecule has 4 aromatic rings. The average molecular weight is 439 g/mol. The first-order chi connectivity index (χ1) is 14.5. The van der Waals surface area contributed by atoms with Gasteiger partial charge in [0.2, 0.25) is 5.88 Å². The maximum atomic E-state index is 13.2. The molecule has 0 saturated carbocycles. The van der Waals surface area contributed by atoms with Crippen molar-refractivity contribution in [3.63, 3.8) is 0 Å². The lowest BCUT2D eigenvalue weighted by Gasteiger charge is -2.10. The molecule has 7 heteroatoms. The SMILES string of the molecule is Cc1nn(-c2ccccc2)c(OC(=O)c2ccc(F)cc2)c1Sc1ccc(Cl)cc1. The Bertz CT molecular complexity index is 1180. The molecule has 1 aromatic heterocycles. The number of nitrogens with zero attached hydrogens (tertiary/aromatic N) is 2. The first kappa shape index (κ1) is 20.2. The second-order valence-electron chi connectivity index (χ2n) is 6.42. The van der Waals surface area contributed by atoms with Crippen molar-refractivity contribution in [1.29, 1.82) is 0 Å². The summed E-state index contributed by atoms with van der Waals surface area (Å²) in [6.45, 7) is 1.85. The van der Waals surface area contributed by atoms with Crippen molar-refractivity contribution >= 4 is 29.3 Å². The number of benzene rings is 3. The van der Waals surface area contributed by atoms with E-state index >= 15 is 0 Å². The number of rotatable bonds is 5. The Balaban J connectivity index is 1.75. The minimum Gasteiger partial charge on any atom is -0.402 e. The zero-order chi connectivity index (χ0) is 21.1. The van der Waals surface area contributed by atoms with E-state index in [1.165, 1.54) is 36.0 Å². The van der Waals surface area contributed by atoms with Crippen molar-refractivity contribution in [2.75, 3.05) is 0 Å². The van der Waals surface area contributed by atoms with Crippen LogP contribution in [0.1, 0.15) is 16.1 Å². The zero-order valence-electron chi connectivity index (χ0n) is 15.9. The number of aromatic nitrogens is 2. The quantitative estimate of drug-likeness (QED) is 0.341. The largest absolute Gasteiger partial charge is 0.402 e. The van der Waals surface area contributed by atoms with Crippen LogP contribution in [0.3, 0.4) is 0 Å². The third-order valence-electron chi connectivity index (χ3n) is 4.27. The number of para-hydroxylation sites is 1. The van der Waals surface area contributed by atoms with Crippen molar-refractivity contribution in [3.8, 4) is 11.6 Å². The van der Waals surface area contributed by atoms with Gasteiger partial charge >= 0.3 is 5.97 Å². The molecule has 0 saturated heterocycles. The molecule has 30 heavy (non-hydrogen) atoms. The van der Waals surface area contributed by atoms with Gasteiger partial charge in [-0.3, -0.25) is 0 Å². The Morgan fingerprint density at radius 2 is 1.67 bits per heavy atom. The highest BCUT2D eigenvalue weighted by Crippen LogP contribution is 2.39. The minimum atomic E-state index is -0.593. The molecule has 0 aliphatic heterocycles. The highest BCUT2D eigenvalue weighted by molar-refractivity contribution is 7.99. The van der Waals surface area contributed by atoms with Gasteiger partial charge in [0.15, 0.2) is 0 Å². The van der Waals surface area contributed by atoms with Crippen molar-refractivity contribution in [3.05, 3.63) is 101 Å². The Morgan fingerprint density at radius 3 is 2.33 bits per heavy atom. The summed E-state index contributed by atoms with van der Waals surface area (Å²) in [6, 6.07) is 22.0. The van der Waals surface area contributed by atoms with Gasteiger partial charge in [-0.05, 0) is 67.6 Å². The molecule has 0 bridgehead atoms. The number of carbonyl (C=O) groups is 1. The van der Waals surface area contributed by atoms with Gasteiger partial charge in [-0.15, -0.1) is 0 Å². The highest BCUT2D eigenvalue weighted by Gasteiger charge is 2.22. The third kappa shape index (κ3) is 4.40. The van der Waals surface area contributed by atoms with Crippen LogP contribution in [0.15, 0.2) is 88.7 Å². The lowest BCUT2D eigenvalue weighted by Crippen LogP contribution is -2.12. The van der Waals surface area contributed by atoms with Crippen molar-refractivity contribution in [2.24, 2.45) is 0 Å². The van der Waals surface area contributed by atoms with Crippen LogP contribution in [-0.4, -0.2) is 15.7 Å². The van der Waals surface area contributed by atoms with E-state index in [0.29, 0.717) is 21.5 Å². The molecular formula is C23H16ClFN2O2S. The van der Waals surface area contributed by atoms with Crippen molar-refractivity contribution in [1.82, 2.24) is 9.78 Å². The van der Waals surface area contributed by atoms with Gasteiger partial charge in [0, 0.05) is 9.92 Å². The third-order valence-corrected chi connectivity index (χ3v) is 5.70. The number of ether oxygens (including phenoxy) is 1. The van der Waals surface area contributed by atoms with E-state index in [2.05, 4.69) is 5.10 Å². The topological polar surface area (TPSA) is 44.1 Å². The zero-order valence-corrected chi connectivity index (χ0v) is 17.5. The maximum Gasteiger partial charge on any atom is 0.344 e. The molecule has 0 amide bonds. The van der Waals surface area contributed by atoms with Crippen LogP contribution < -0.4 is 4.74 Å². The van der Waals surface area contributed by atoms with Crippen LogP contribution in [0.4, 0.5) is 4.39 Å². The highest BCUT2D eigenvalue weighted by atomic mass is 35.5. The van der Waals surface area contributed by atoms with Gasteiger partial charge < -0.3 is 4.74 Å². The van der Waals surface area contributed by atoms with Gasteiger partial charge in [-0.25, -0.2) is 9.18 Å². The summed E-state index contributed by atoms with van der Waals surface area (Å²) in [5.41, 5.74) is 1.71. The molecule has 3 aromatic carbocycles. The molecule has 0 aliphatic carbocycles. The van der Waals surface area contributed by atoms with Crippen LogP contribution in [-0.2, 0) is 0 Å². The number of aryl methyl sites for hydroxylation is 1. The molecule has 0 radical (unpaired) electrons. The molecule has 150 valence electrons. The Morgan fingerprint density at radius 1 is 1.00 bits per heavy atom. The minimum absolute atomic E-state index is 0.248. The molecule has 4 rings (SSSR count). The molecule has 0 spiro atoms. The Hall–Kier alpha value is -3.09. The van der Waals surface area contributed by atoms with Crippen LogP contribution in [0, 0.1) is 12.7 Å². The summed E-state index contributed by atoms with van der Waals surface area (Å²) in [7, 11) is 0. The number of hydrogen-bond acceptors (Lipinski definition) is 4. The lowest BCUT2D eigenvalue weighted by molar-refractivity contribution is 0.0718. The fraction of sp³-hybridized carbons (Fsp3) is 0.0435. The van der Waals surface area contributed by atoms with E-state index in [0.717, 1.165) is 10.6 Å². The maximum absolute atomic E-state index is 13.2. The summed E-state index contributed by atoms with van der Waals surface area (Å²) in [6.07, 6.45) is 0. The predicted molar refractivity (Wildman–Crippen MR) is 115 cm³/mol. The molecular weight excluding hydrogens is 423 g/mol. The van der Waals surface area contributed by atoms with Crippen LogP contribution >= 0.6 is 23.4 Å². The number of esters is 1. The summed E-state index contributed by atoms with van der Waals surface area (Å²) in [5.74, 6) is -0.714. The lowest BCUT2D eigenvalue weighted by atomic mass is 10.2. The van der Waals surface area contributed by atoms with Crippen LogP contribution in [0.2, 0.25) is 5.02 Å². The smallest absolute Gasteiger partial charge is 0.344 e. The van der Waals surface area contributed by atoms with E-state index in [9.17, 15) is 9.18 Å². The first-order valence-corrected chi connectivity index (χ1v) is 10.3. The molecule has 0 fully saturated rings. The van der Waals surface area contributed by atoms with Gasteiger partial charge in [0.1, 0.15) is 5.82 Å². The first-order valence-electron chi connectivity index (χ1n) is 9.07. The summed E-state index contributed by atoms with van der Waals surface area (Å²) in [5, 5.41) is 5.23. The summed E-state index contributed by atoms with van der Waals surface area (Å²) < 4.78 is 20.6. The Kier molecular flexibility index (Phi) is 5.88. The summed E-state index contributed by atoms with van der Waals surface area (Å²) >= 11 is 7.41. The van der Waals surface area contributed by atoms with Crippen molar-refractivity contribution < 1.29 is 13.9 Å². The standard InChI is InChI=1S/C23H16ClFN2O2S/c1-15-21(30-20-13-9-17(24)10-14-20)22(27(26-15)19-5-3-2-4-6-19)29-23(28)16-7-11-18(25)12-8-16/h2-14H,1H3. The van der Waals surface area contributed by atoms with Gasteiger partial charge in [0.25, 0.3) is 0 Å². The number of hydrogen-bond donors (Lipinski definition) is 0. The predicted octanol–water partition coefficient (Wildman–Crippen LogP) is 6.34. The van der Waals surface area contributed by atoms with Gasteiger partial charge in [-0.2, -0.15) is 9.78 Å². The molecule has 0 atom stereocenters. The Labute approximate surface area is 182 Å². The summed E-state index contributed by atoms with van der Waals surface area (Å²) in [4.78, 5) is 14.4. The molecule has 0 N–H and O–H groups in total. The fourth-order valence-corrected chi connectivity index (χ4v) is 3.83. The van der Waals surface area contributed by atoms with E-state index in [-0.39, 0.29) is 5.56 Å². The average Bonchev–Trinajstić information content (AvgIpc) is 3.06. The monoisotopic (exact) mass is 438 g/mol. The van der Waals surface area contributed by atoms with Crippen molar-refractivity contribution in [2.45, 2.75) is 16.7 Å². The number of carbonyl (C=O) groups excluding carboxylic acids is 1. The van der Waals surface area contributed by atoms with E-state index in [1.807, 2.05) is 49.4 Å². The van der Waals surface area contributed by atoms with E-state index in [4.69, 9.17) is 16.3 Å². The molecule has 1 heterocycles. The molecule has 0 aliphatic rings.